The lowest BCUT2D eigenvalue weighted by Gasteiger charge is -2.34. The summed E-state index contributed by atoms with van der Waals surface area (Å²) >= 11 is 0. The minimum Gasteiger partial charge on any atom is -0.378 e. The van der Waals surface area contributed by atoms with Crippen LogP contribution in [0.15, 0.2) is 23.4 Å². The molecule has 1 aliphatic heterocycles. The molecule has 7 heteroatoms. The summed E-state index contributed by atoms with van der Waals surface area (Å²) in [6.45, 7) is 1.86. The van der Waals surface area contributed by atoms with Crippen LogP contribution in [-0.4, -0.2) is 57.1 Å². The van der Waals surface area contributed by atoms with E-state index in [0.29, 0.717) is 26.3 Å². The molecular weight excluding hydrogens is 242 g/mol. The van der Waals surface area contributed by atoms with Crippen LogP contribution in [-0.2, 0) is 14.8 Å². The summed E-state index contributed by atoms with van der Waals surface area (Å²) in [5, 5.41) is 3.23. The van der Waals surface area contributed by atoms with Gasteiger partial charge < -0.3 is 15.0 Å². The smallest absolute Gasteiger partial charge is 0.258 e. The largest absolute Gasteiger partial charge is 0.378 e. The molecule has 2 N–H and O–H groups in total. The molecule has 6 nitrogen and oxygen atoms in total. The number of morpholine rings is 1. The molecule has 1 atom stereocenters. The minimum atomic E-state index is -3.43. The van der Waals surface area contributed by atoms with Crippen LogP contribution in [0.5, 0.6) is 0 Å². The number of aromatic nitrogens is 1. The molecule has 0 aliphatic carbocycles. The zero-order valence-corrected chi connectivity index (χ0v) is 10.5. The van der Waals surface area contributed by atoms with Gasteiger partial charge in [0.05, 0.1) is 19.3 Å². The van der Waals surface area contributed by atoms with Gasteiger partial charge in [0, 0.05) is 19.3 Å². The Labute approximate surface area is 101 Å². The predicted molar refractivity (Wildman–Crippen MR) is 63.2 cm³/mol. The number of nitrogens with zero attached hydrogens (tertiary/aromatic N) is 1. The van der Waals surface area contributed by atoms with E-state index in [1.807, 2.05) is 0 Å². The first-order valence-corrected chi connectivity index (χ1v) is 6.98. The topological polar surface area (TPSA) is 74.4 Å². The van der Waals surface area contributed by atoms with Crippen molar-refractivity contribution in [2.45, 2.75) is 11.1 Å². The molecule has 0 amide bonds. The third-order valence-corrected chi connectivity index (χ3v) is 4.68. The van der Waals surface area contributed by atoms with Crippen LogP contribution < -0.4 is 5.32 Å². The quantitative estimate of drug-likeness (QED) is 0.773. The van der Waals surface area contributed by atoms with Crippen LogP contribution in [0.1, 0.15) is 0 Å². The number of nitrogens with one attached hydrogen (secondary N) is 2. The summed E-state index contributed by atoms with van der Waals surface area (Å²) < 4.78 is 31.5. The van der Waals surface area contributed by atoms with Gasteiger partial charge in [-0.3, -0.25) is 0 Å². The van der Waals surface area contributed by atoms with Crippen molar-refractivity contribution in [3.8, 4) is 0 Å². The molecule has 1 aromatic rings. The normalized spacial score (nSPS) is 22.8. The van der Waals surface area contributed by atoms with E-state index in [9.17, 15) is 8.42 Å². The van der Waals surface area contributed by atoms with Crippen LogP contribution in [0.3, 0.4) is 0 Å². The van der Waals surface area contributed by atoms with Crippen molar-refractivity contribution < 1.29 is 13.2 Å². The summed E-state index contributed by atoms with van der Waals surface area (Å²) in [6, 6.07) is 3.10. The van der Waals surface area contributed by atoms with Gasteiger partial charge in [-0.2, -0.15) is 4.31 Å². The van der Waals surface area contributed by atoms with Crippen molar-refractivity contribution in [1.29, 1.82) is 0 Å². The Morgan fingerprint density at radius 2 is 2.47 bits per heavy atom. The Bertz CT molecular complexity index is 441. The highest BCUT2D eigenvalue weighted by Gasteiger charge is 2.34. The Morgan fingerprint density at radius 3 is 3.12 bits per heavy atom. The molecule has 0 aromatic carbocycles. The number of H-pyrrole nitrogens is 1. The van der Waals surface area contributed by atoms with E-state index in [4.69, 9.17) is 4.74 Å². The van der Waals surface area contributed by atoms with E-state index in [2.05, 4.69) is 10.3 Å². The molecule has 96 valence electrons. The molecule has 0 radical (unpaired) electrons. The van der Waals surface area contributed by atoms with Crippen molar-refractivity contribution in [3.05, 3.63) is 18.3 Å². The molecule has 0 saturated carbocycles. The summed E-state index contributed by atoms with van der Waals surface area (Å²) in [5.41, 5.74) is 0. The van der Waals surface area contributed by atoms with E-state index in [0.717, 1.165) is 0 Å². The second-order valence-corrected chi connectivity index (χ2v) is 5.80. The van der Waals surface area contributed by atoms with Gasteiger partial charge in [-0.25, -0.2) is 8.42 Å². The molecule has 1 saturated heterocycles. The van der Waals surface area contributed by atoms with E-state index in [1.54, 1.807) is 25.4 Å². The number of hydrogen-bond acceptors (Lipinski definition) is 4. The Balaban J connectivity index is 2.24. The number of likely N-dealkylation sites (N-methyl/N-ethyl adjacent to an activating group) is 1. The zero-order chi connectivity index (χ0) is 12.3. The van der Waals surface area contributed by atoms with E-state index in [1.165, 1.54) is 4.31 Å². The highest BCUT2D eigenvalue weighted by atomic mass is 32.2. The van der Waals surface area contributed by atoms with Gasteiger partial charge in [-0.1, -0.05) is 0 Å². The number of hydrogen-bond donors (Lipinski definition) is 2. The maximum absolute atomic E-state index is 12.3. The third-order valence-electron chi connectivity index (χ3n) is 2.77. The van der Waals surface area contributed by atoms with Crippen LogP contribution >= 0.6 is 0 Å². The van der Waals surface area contributed by atoms with E-state index in [-0.39, 0.29) is 11.1 Å². The first kappa shape index (κ1) is 12.6. The molecular formula is C10H17N3O3S. The first-order valence-electron chi connectivity index (χ1n) is 5.54. The van der Waals surface area contributed by atoms with Gasteiger partial charge in [0.2, 0.25) is 0 Å². The third kappa shape index (κ3) is 2.52. The summed E-state index contributed by atoms with van der Waals surface area (Å²) in [4.78, 5) is 2.75. The molecule has 0 bridgehead atoms. The molecule has 1 aliphatic rings. The number of sulfonamides is 1. The lowest BCUT2D eigenvalue weighted by molar-refractivity contribution is 0.0334. The Morgan fingerprint density at radius 1 is 1.65 bits per heavy atom. The van der Waals surface area contributed by atoms with Gasteiger partial charge in [0.1, 0.15) is 5.03 Å². The fourth-order valence-corrected chi connectivity index (χ4v) is 3.52. The number of ether oxygens (including phenoxy) is 1. The van der Waals surface area contributed by atoms with E-state index >= 15 is 0 Å². The van der Waals surface area contributed by atoms with Crippen LogP contribution in [0.4, 0.5) is 0 Å². The Kier molecular flexibility index (Phi) is 3.82. The molecule has 0 spiro atoms. The lowest BCUT2D eigenvalue weighted by atomic mass is 10.3. The van der Waals surface area contributed by atoms with Crippen molar-refractivity contribution in [1.82, 2.24) is 14.6 Å². The maximum Gasteiger partial charge on any atom is 0.258 e. The first-order chi connectivity index (χ1) is 8.16. The van der Waals surface area contributed by atoms with Crippen molar-refractivity contribution in [2.24, 2.45) is 0 Å². The van der Waals surface area contributed by atoms with Gasteiger partial charge in [-0.05, 0) is 19.2 Å². The Hall–Kier alpha value is -0.890. The molecule has 2 rings (SSSR count). The fraction of sp³-hybridized carbons (Fsp3) is 0.600. The van der Waals surface area contributed by atoms with Gasteiger partial charge in [0.25, 0.3) is 10.0 Å². The predicted octanol–water partition coefficient (Wildman–Crippen LogP) is -0.376. The average molecular weight is 259 g/mol. The standard InChI is InChI=1S/C10H17N3O3S/c1-11-7-9-8-16-6-5-13(9)17(14,15)10-3-2-4-12-10/h2-4,9,11-12H,5-8H2,1H3. The average Bonchev–Trinajstić information content (AvgIpc) is 2.84. The lowest BCUT2D eigenvalue weighted by Crippen LogP contribution is -2.52. The zero-order valence-electron chi connectivity index (χ0n) is 9.72. The van der Waals surface area contributed by atoms with Crippen LogP contribution in [0.2, 0.25) is 0 Å². The molecule has 2 heterocycles. The monoisotopic (exact) mass is 259 g/mol. The second kappa shape index (κ2) is 5.18. The second-order valence-electron chi connectivity index (χ2n) is 3.94. The summed E-state index contributed by atoms with van der Waals surface area (Å²) in [6.07, 6.45) is 1.61. The highest BCUT2D eigenvalue weighted by molar-refractivity contribution is 7.89. The highest BCUT2D eigenvalue weighted by Crippen LogP contribution is 2.18. The molecule has 1 aromatic heterocycles. The fourth-order valence-electron chi connectivity index (χ4n) is 1.95. The maximum atomic E-state index is 12.3. The minimum absolute atomic E-state index is 0.151. The van der Waals surface area contributed by atoms with Crippen molar-refractivity contribution in [3.63, 3.8) is 0 Å². The van der Waals surface area contributed by atoms with Crippen LogP contribution in [0, 0.1) is 0 Å². The van der Waals surface area contributed by atoms with E-state index < -0.39 is 10.0 Å². The molecule has 17 heavy (non-hydrogen) atoms. The van der Waals surface area contributed by atoms with Gasteiger partial charge >= 0.3 is 0 Å². The number of rotatable bonds is 4. The summed E-state index contributed by atoms with van der Waals surface area (Å²) in [7, 11) is -1.63. The van der Waals surface area contributed by atoms with Crippen LogP contribution in [0.25, 0.3) is 0 Å². The number of aromatic amines is 1. The summed E-state index contributed by atoms with van der Waals surface area (Å²) in [5.74, 6) is 0. The van der Waals surface area contributed by atoms with Crippen molar-refractivity contribution in [2.75, 3.05) is 33.4 Å². The molecule has 1 fully saturated rings. The molecule has 1 unspecified atom stereocenters. The van der Waals surface area contributed by atoms with Gasteiger partial charge in [0.15, 0.2) is 0 Å². The van der Waals surface area contributed by atoms with Gasteiger partial charge in [-0.15, -0.1) is 0 Å². The SMILES string of the molecule is CNCC1COCCN1S(=O)(=O)c1ccc[nH]1. The van der Waals surface area contributed by atoms with Crippen molar-refractivity contribution >= 4 is 10.0 Å².